The van der Waals surface area contributed by atoms with E-state index in [-0.39, 0.29) is 0 Å². The second-order valence-corrected chi connectivity index (χ2v) is 4.29. The highest BCUT2D eigenvalue weighted by Gasteiger charge is 2.08. The summed E-state index contributed by atoms with van der Waals surface area (Å²) >= 11 is 3.41. The van der Waals surface area contributed by atoms with Crippen molar-refractivity contribution in [3.8, 4) is 0 Å². The molecule has 0 fully saturated rings. The summed E-state index contributed by atoms with van der Waals surface area (Å²) in [6.45, 7) is 4.20. The van der Waals surface area contributed by atoms with E-state index in [9.17, 15) is 0 Å². The second-order valence-electron chi connectivity index (χ2n) is 3.50. The van der Waals surface area contributed by atoms with Crippen molar-refractivity contribution < 1.29 is 4.52 Å². The summed E-state index contributed by atoms with van der Waals surface area (Å²) in [5.74, 6) is 0. The van der Waals surface area contributed by atoms with Gasteiger partial charge in [-0.25, -0.2) is 0 Å². The quantitative estimate of drug-likeness (QED) is 0.768. The first-order valence-corrected chi connectivity index (χ1v) is 5.76. The van der Waals surface area contributed by atoms with Crippen molar-refractivity contribution in [2.45, 2.75) is 20.3 Å². The average Bonchev–Trinajstić information content (AvgIpc) is 2.51. The molecule has 0 aliphatic heterocycles. The summed E-state index contributed by atoms with van der Waals surface area (Å²) < 4.78 is 5.27. The normalized spacial score (nSPS) is 11.1. The predicted molar refractivity (Wildman–Crippen MR) is 61.0 cm³/mol. The fourth-order valence-electron chi connectivity index (χ4n) is 1.51. The van der Waals surface area contributed by atoms with Crippen LogP contribution in [0.4, 0.5) is 0 Å². The van der Waals surface area contributed by atoms with Crippen molar-refractivity contribution >= 4 is 26.9 Å². The van der Waals surface area contributed by atoms with Gasteiger partial charge in [-0.15, -0.1) is 0 Å². The van der Waals surface area contributed by atoms with E-state index in [2.05, 4.69) is 47.1 Å². The van der Waals surface area contributed by atoms with Crippen molar-refractivity contribution in [1.29, 1.82) is 0 Å². The number of nitrogens with zero attached hydrogens (tertiary/aromatic N) is 1. The minimum absolute atomic E-state index is 0.893. The number of fused-ring (bicyclic) bond motifs is 1. The highest BCUT2D eigenvalue weighted by Crippen LogP contribution is 2.23. The fourth-order valence-corrected chi connectivity index (χ4v) is 1.89. The van der Waals surface area contributed by atoms with Crippen LogP contribution in [0, 0.1) is 13.8 Å². The number of alkyl halides is 1. The van der Waals surface area contributed by atoms with E-state index in [0.717, 1.165) is 28.4 Å². The maximum Gasteiger partial charge on any atom is 0.167 e. The Morgan fingerprint density at radius 1 is 1.29 bits per heavy atom. The van der Waals surface area contributed by atoms with Crippen molar-refractivity contribution in [2.24, 2.45) is 0 Å². The number of hydrogen-bond donors (Lipinski definition) is 0. The Labute approximate surface area is 91.4 Å². The largest absolute Gasteiger partial charge is 0.356 e. The molecule has 0 atom stereocenters. The first-order valence-electron chi connectivity index (χ1n) is 4.64. The van der Waals surface area contributed by atoms with E-state index >= 15 is 0 Å². The van der Waals surface area contributed by atoms with Crippen LogP contribution in [0.3, 0.4) is 0 Å². The molecule has 2 rings (SSSR count). The lowest BCUT2D eigenvalue weighted by Gasteiger charge is -1.98. The van der Waals surface area contributed by atoms with Crippen LogP contribution in [0.15, 0.2) is 16.7 Å². The van der Waals surface area contributed by atoms with Gasteiger partial charge in [0.2, 0.25) is 0 Å². The number of hydrogen-bond acceptors (Lipinski definition) is 2. The van der Waals surface area contributed by atoms with Gasteiger partial charge < -0.3 is 4.52 Å². The smallest absolute Gasteiger partial charge is 0.167 e. The lowest BCUT2D eigenvalue weighted by Crippen LogP contribution is -1.87. The van der Waals surface area contributed by atoms with E-state index in [0.29, 0.717) is 0 Å². The summed E-state index contributed by atoms with van der Waals surface area (Å²) in [6, 6.07) is 4.20. The van der Waals surface area contributed by atoms with Crippen LogP contribution in [0.2, 0.25) is 0 Å². The van der Waals surface area contributed by atoms with Crippen molar-refractivity contribution in [3.05, 3.63) is 29.0 Å². The van der Waals surface area contributed by atoms with E-state index in [1.807, 2.05) is 0 Å². The molecular formula is C11H12BrNO. The summed E-state index contributed by atoms with van der Waals surface area (Å²) in [5, 5.41) is 6.13. The topological polar surface area (TPSA) is 26.0 Å². The van der Waals surface area contributed by atoms with Crippen LogP contribution in [0.1, 0.15) is 16.8 Å². The molecule has 0 spiro atoms. The van der Waals surface area contributed by atoms with Crippen LogP contribution in [-0.4, -0.2) is 10.5 Å². The van der Waals surface area contributed by atoms with Crippen LogP contribution < -0.4 is 0 Å². The highest BCUT2D eigenvalue weighted by molar-refractivity contribution is 9.09. The van der Waals surface area contributed by atoms with Crippen molar-refractivity contribution in [1.82, 2.24) is 5.16 Å². The van der Waals surface area contributed by atoms with Gasteiger partial charge in [-0.1, -0.05) is 21.1 Å². The molecule has 1 heterocycles. The van der Waals surface area contributed by atoms with Gasteiger partial charge in [0.05, 0.1) is 5.69 Å². The molecule has 0 N–H and O–H groups in total. The zero-order valence-electron chi connectivity index (χ0n) is 8.30. The molecule has 0 bridgehead atoms. The molecule has 1 aromatic heterocycles. The molecule has 2 nitrogen and oxygen atoms in total. The van der Waals surface area contributed by atoms with Gasteiger partial charge >= 0.3 is 0 Å². The summed E-state index contributed by atoms with van der Waals surface area (Å²) in [5.41, 5.74) is 4.47. The van der Waals surface area contributed by atoms with Crippen LogP contribution in [0.25, 0.3) is 11.0 Å². The Morgan fingerprint density at radius 3 is 2.71 bits per heavy atom. The van der Waals surface area contributed by atoms with Gasteiger partial charge in [0.25, 0.3) is 0 Å². The van der Waals surface area contributed by atoms with Gasteiger partial charge in [0.1, 0.15) is 0 Å². The highest BCUT2D eigenvalue weighted by atomic mass is 79.9. The molecule has 74 valence electrons. The summed E-state index contributed by atoms with van der Waals surface area (Å²) in [4.78, 5) is 0. The lowest BCUT2D eigenvalue weighted by atomic mass is 10.1. The molecule has 0 aliphatic rings. The van der Waals surface area contributed by atoms with Crippen LogP contribution >= 0.6 is 15.9 Å². The fraction of sp³-hybridized carbons (Fsp3) is 0.364. The molecule has 0 unspecified atom stereocenters. The SMILES string of the molecule is Cc1cc2onc(CCBr)c2cc1C. The van der Waals surface area contributed by atoms with Crippen molar-refractivity contribution in [3.63, 3.8) is 0 Å². The second kappa shape index (κ2) is 3.73. The standard InChI is InChI=1S/C11H12BrNO/c1-7-5-9-10(3-4-12)13-14-11(9)6-8(7)2/h5-6H,3-4H2,1-2H3. The molecule has 3 heteroatoms. The summed E-state index contributed by atoms with van der Waals surface area (Å²) in [6.07, 6.45) is 0.912. The van der Waals surface area contributed by atoms with E-state index in [4.69, 9.17) is 4.52 Å². The Morgan fingerprint density at radius 2 is 2.00 bits per heavy atom. The first kappa shape index (κ1) is 9.71. The van der Waals surface area contributed by atoms with Crippen LogP contribution in [-0.2, 0) is 6.42 Å². The molecule has 0 aliphatic carbocycles. The monoisotopic (exact) mass is 253 g/mol. The Hall–Kier alpha value is -0.830. The third-order valence-electron chi connectivity index (χ3n) is 2.49. The zero-order chi connectivity index (χ0) is 10.1. The molecule has 0 saturated carbocycles. The maximum atomic E-state index is 5.27. The number of halogens is 1. The number of rotatable bonds is 2. The summed E-state index contributed by atoms with van der Waals surface area (Å²) in [7, 11) is 0. The Balaban J connectivity index is 2.61. The van der Waals surface area contributed by atoms with Gasteiger partial charge in [0, 0.05) is 17.1 Å². The zero-order valence-corrected chi connectivity index (χ0v) is 9.89. The molecular weight excluding hydrogens is 242 g/mol. The molecule has 0 saturated heterocycles. The van der Waals surface area contributed by atoms with Gasteiger partial charge in [0.15, 0.2) is 5.58 Å². The predicted octanol–water partition coefficient (Wildman–Crippen LogP) is 3.38. The number of aromatic nitrogens is 1. The number of benzene rings is 1. The first-order chi connectivity index (χ1) is 6.72. The van der Waals surface area contributed by atoms with E-state index < -0.39 is 0 Å². The maximum absolute atomic E-state index is 5.27. The Kier molecular flexibility index (Phi) is 2.59. The average molecular weight is 254 g/mol. The van der Waals surface area contributed by atoms with Gasteiger partial charge in [-0.05, 0) is 37.1 Å². The Bertz CT molecular complexity index is 462. The minimum Gasteiger partial charge on any atom is -0.356 e. The molecule has 14 heavy (non-hydrogen) atoms. The molecule has 0 radical (unpaired) electrons. The molecule has 0 amide bonds. The molecule has 1 aromatic carbocycles. The van der Waals surface area contributed by atoms with E-state index in [1.165, 1.54) is 11.1 Å². The van der Waals surface area contributed by atoms with E-state index in [1.54, 1.807) is 0 Å². The van der Waals surface area contributed by atoms with Crippen LogP contribution in [0.5, 0.6) is 0 Å². The van der Waals surface area contributed by atoms with Gasteiger partial charge in [-0.2, -0.15) is 0 Å². The third kappa shape index (κ3) is 1.57. The van der Waals surface area contributed by atoms with Gasteiger partial charge in [-0.3, -0.25) is 0 Å². The number of aryl methyl sites for hydroxylation is 3. The third-order valence-corrected chi connectivity index (χ3v) is 2.89. The minimum atomic E-state index is 0.893. The molecule has 2 aromatic rings. The lowest BCUT2D eigenvalue weighted by molar-refractivity contribution is 0.447. The van der Waals surface area contributed by atoms with Crippen molar-refractivity contribution in [2.75, 3.05) is 5.33 Å².